The van der Waals surface area contributed by atoms with Crippen LogP contribution in [-0.2, 0) is 4.79 Å². The van der Waals surface area contributed by atoms with Crippen molar-refractivity contribution in [1.29, 1.82) is 0 Å². The molecule has 8 heteroatoms. The van der Waals surface area contributed by atoms with Gasteiger partial charge in [-0.25, -0.2) is 0 Å². The molecule has 1 fully saturated rings. The Labute approximate surface area is 125 Å². The van der Waals surface area contributed by atoms with Crippen molar-refractivity contribution in [3.05, 3.63) is 23.2 Å². The van der Waals surface area contributed by atoms with Crippen LogP contribution in [0.1, 0.15) is 12.8 Å². The highest BCUT2D eigenvalue weighted by Crippen LogP contribution is 2.28. The van der Waals surface area contributed by atoms with Crippen molar-refractivity contribution in [2.45, 2.75) is 25.1 Å². The number of alkyl halides is 3. The molecule has 1 aliphatic rings. The molecule has 0 atom stereocenters. The molecule has 2 rings (SSSR count). The summed E-state index contributed by atoms with van der Waals surface area (Å²) >= 11 is 5.91. The van der Waals surface area contributed by atoms with Gasteiger partial charge >= 0.3 is 12.1 Å². The van der Waals surface area contributed by atoms with Crippen LogP contribution in [0.15, 0.2) is 18.2 Å². The molecule has 21 heavy (non-hydrogen) atoms. The Hall–Kier alpha value is -1.47. The van der Waals surface area contributed by atoms with Gasteiger partial charge in [-0.15, -0.1) is 0 Å². The lowest BCUT2D eigenvalue weighted by Gasteiger charge is -2.25. The van der Waals surface area contributed by atoms with Gasteiger partial charge in [0.25, 0.3) is 0 Å². The minimum absolute atomic E-state index is 0.0603. The number of carbonyl (C=O) groups is 1. The van der Waals surface area contributed by atoms with Gasteiger partial charge in [-0.05, 0) is 44.1 Å². The highest BCUT2D eigenvalue weighted by Gasteiger charge is 2.38. The van der Waals surface area contributed by atoms with Gasteiger partial charge in [0.2, 0.25) is 0 Å². The van der Waals surface area contributed by atoms with Crippen molar-refractivity contribution in [3.8, 4) is 0 Å². The fourth-order valence-electron chi connectivity index (χ4n) is 2.10. The van der Waals surface area contributed by atoms with E-state index in [0.717, 1.165) is 31.6 Å². The predicted molar refractivity (Wildman–Crippen MR) is 75.7 cm³/mol. The molecule has 0 unspecified atom stereocenters. The second-order valence-corrected chi connectivity index (χ2v) is 5.22. The number of halogens is 4. The predicted octanol–water partition coefficient (Wildman–Crippen LogP) is 3.00. The Morgan fingerprint density at radius 3 is 2.52 bits per heavy atom. The van der Waals surface area contributed by atoms with E-state index in [1.165, 1.54) is 12.1 Å². The Balaban J connectivity index is 2.01. The smallest absolute Gasteiger partial charge is 0.382 e. The SMILES string of the molecule is O=C(Nc1ccc(NC2CCNCC2)cc1Cl)C(F)(F)F. The van der Waals surface area contributed by atoms with Gasteiger partial charge < -0.3 is 16.0 Å². The highest BCUT2D eigenvalue weighted by molar-refractivity contribution is 6.34. The van der Waals surface area contributed by atoms with Crippen molar-refractivity contribution in [2.75, 3.05) is 23.7 Å². The molecule has 0 saturated carbocycles. The summed E-state index contributed by atoms with van der Waals surface area (Å²) in [5.74, 6) is -2.04. The van der Waals surface area contributed by atoms with E-state index in [0.29, 0.717) is 6.04 Å². The summed E-state index contributed by atoms with van der Waals surface area (Å²) < 4.78 is 36.5. The zero-order valence-electron chi connectivity index (χ0n) is 11.1. The Kier molecular flexibility index (Phi) is 4.95. The van der Waals surface area contributed by atoms with Gasteiger partial charge in [0.1, 0.15) is 0 Å². The van der Waals surface area contributed by atoms with Gasteiger partial charge in [0.15, 0.2) is 0 Å². The summed E-state index contributed by atoms with van der Waals surface area (Å²) in [7, 11) is 0. The summed E-state index contributed by atoms with van der Waals surface area (Å²) in [5, 5.41) is 8.32. The number of hydrogen-bond donors (Lipinski definition) is 3. The highest BCUT2D eigenvalue weighted by atomic mass is 35.5. The molecule has 1 saturated heterocycles. The molecule has 1 amide bonds. The zero-order valence-corrected chi connectivity index (χ0v) is 11.8. The molecule has 116 valence electrons. The van der Waals surface area contributed by atoms with Crippen LogP contribution < -0.4 is 16.0 Å². The molecule has 1 aromatic rings. The number of amides is 1. The molecule has 1 aromatic carbocycles. The van der Waals surface area contributed by atoms with Crippen LogP contribution in [0.4, 0.5) is 24.5 Å². The summed E-state index contributed by atoms with van der Waals surface area (Å²) in [4.78, 5) is 10.9. The van der Waals surface area contributed by atoms with E-state index in [1.807, 2.05) is 0 Å². The third kappa shape index (κ3) is 4.50. The average Bonchev–Trinajstić information content (AvgIpc) is 2.42. The maximum Gasteiger partial charge on any atom is 0.471 e. The maximum atomic E-state index is 12.2. The Bertz CT molecular complexity index is 516. The molecular formula is C13H15ClF3N3O. The second-order valence-electron chi connectivity index (χ2n) is 4.82. The molecule has 0 aromatic heterocycles. The van der Waals surface area contributed by atoms with Crippen LogP contribution in [0.25, 0.3) is 0 Å². The molecule has 0 aliphatic carbocycles. The number of carbonyl (C=O) groups excluding carboxylic acids is 1. The number of anilines is 2. The summed E-state index contributed by atoms with van der Waals surface area (Å²) in [5.41, 5.74) is 0.659. The van der Waals surface area contributed by atoms with E-state index in [9.17, 15) is 18.0 Å². The third-order valence-corrected chi connectivity index (χ3v) is 3.50. The largest absolute Gasteiger partial charge is 0.471 e. The van der Waals surface area contributed by atoms with Gasteiger partial charge in [-0.2, -0.15) is 13.2 Å². The molecule has 3 N–H and O–H groups in total. The topological polar surface area (TPSA) is 53.2 Å². The molecule has 0 bridgehead atoms. The van der Waals surface area contributed by atoms with E-state index in [4.69, 9.17) is 11.6 Å². The van der Waals surface area contributed by atoms with E-state index in [2.05, 4.69) is 10.6 Å². The maximum absolute atomic E-state index is 12.2. The van der Waals surface area contributed by atoms with Crippen LogP contribution >= 0.6 is 11.6 Å². The lowest BCUT2D eigenvalue weighted by Crippen LogP contribution is -2.35. The van der Waals surface area contributed by atoms with Crippen molar-refractivity contribution in [1.82, 2.24) is 5.32 Å². The minimum atomic E-state index is -4.94. The summed E-state index contributed by atoms with van der Waals surface area (Å²) in [6.45, 7) is 1.84. The lowest BCUT2D eigenvalue weighted by atomic mass is 10.1. The lowest BCUT2D eigenvalue weighted by molar-refractivity contribution is -0.167. The average molecular weight is 322 g/mol. The Morgan fingerprint density at radius 2 is 1.95 bits per heavy atom. The normalized spacial score (nSPS) is 16.6. The first-order valence-corrected chi connectivity index (χ1v) is 6.89. The Morgan fingerprint density at radius 1 is 1.29 bits per heavy atom. The molecule has 1 aliphatic heterocycles. The minimum Gasteiger partial charge on any atom is -0.382 e. The second kappa shape index (κ2) is 6.53. The molecule has 0 radical (unpaired) electrons. The zero-order chi connectivity index (χ0) is 15.5. The van der Waals surface area contributed by atoms with E-state index in [1.54, 1.807) is 11.4 Å². The quantitative estimate of drug-likeness (QED) is 0.802. The fraction of sp³-hybridized carbons (Fsp3) is 0.462. The number of nitrogens with one attached hydrogen (secondary N) is 3. The third-order valence-electron chi connectivity index (χ3n) is 3.18. The summed E-state index contributed by atoms with van der Waals surface area (Å²) in [6.07, 6.45) is -3.01. The van der Waals surface area contributed by atoms with Crippen LogP contribution in [0.5, 0.6) is 0 Å². The van der Waals surface area contributed by atoms with Crippen molar-refractivity contribution in [3.63, 3.8) is 0 Å². The van der Waals surface area contributed by atoms with E-state index >= 15 is 0 Å². The molecule has 4 nitrogen and oxygen atoms in total. The van der Waals surface area contributed by atoms with Gasteiger partial charge in [-0.3, -0.25) is 4.79 Å². The number of hydrogen-bond acceptors (Lipinski definition) is 3. The first-order valence-electron chi connectivity index (χ1n) is 6.51. The van der Waals surface area contributed by atoms with E-state index in [-0.39, 0.29) is 10.7 Å². The summed E-state index contributed by atoms with van der Waals surface area (Å²) in [6, 6.07) is 4.77. The van der Waals surface area contributed by atoms with Gasteiger partial charge in [0.05, 0.1) is 10.7 Å². The monoisotopic (exact) mass is 321 g/mol. The first-order chi connectivity index (χ1) is 9.86. The number of piperidine rings is 1. The van der Waals surface area contributed by atoms with Crippen molar-refractivity contribution >= 4 is 28.9 Å². The van der Waals surface area contributed by atoms with E-state index < -0.39 is 12.1 Å². The van der Waals surface area contributed by atoms with Crippen molar-refractivity contribution < 1.29 is 18.0 Å². The van der Waals surface area contributed by atoms with Crippen LogP contribution in [0.3, 0.4) is 0 Å². The standard InChI is InChI=1S/C13H15ClF3N3O/c14-10-7-9(19-8-3-5-18-6-4-8)1-2-11(10)20-12(21)13(15,16)17/h1-2,7-8,18-19H,3-6H2,(H,20,21). The number of rotatable bonds is 3. The first kappa shape index (κ1) is 15.9. The molecular weight excluding hydrogens is 307 g/mol. The van der Waals surface area contributed by atoms with Gasteiger partial charge in [-0.1, -0.05) is 11.6 Å². The molecule has 0 spiro atoms. The molecule has 1 heterocycles. The van der Waals surface area contributed by atoms with Crippen molar-refractivity contribution in [2.24, 2.45) is 0 Å². The van der Waals surface area contributed by atoms with Crippen LogP contribution in [0.2, 0.25) is 5.02 Å². The van der Waals surface area contributed by atoms with Gasteiger partial charge in [0, 0.05) is 11.7 Å². The fourth-order valence-corrected chi connectivity index (χ4v) is 2.33. The number of benzene rings is 1. The van der Waals surface area contributed by atoms with Crippen LogP contribution in [-0.4, -0.2) is 31.2 Å². The van der Waals surface area contributed by atoms with Crippen LogP contribution in [0, 0.1) is 0 Å².